The zero-order valence-corrected chi connectivity index (χ0v) is 20.8. The summed E-state index contributed by atoms with van der Waals surface area (Å²) in [5, 5.41) is 15.4. The fourth-order valence-corrected chi connectivity index (χ4v) is 5.00. The summed E-state index contributed by atoms with van der Waals surface area (Å²) in [6.45, 7) is 2.70. The lowest BCUT2D eigenvalue weighted by atomic mass is 9.89. The van der Waals surface area contributed by atoms with Crippen LogP contribution in [0.2, 0.25) is 0 Å². The van der Waals surface area contributed by atoms with Gasteiger partial charge < -0.3 is 19.3 Å². The van der Waals surface area contributed by atoms with Crippen molar-refractivity contribution in [2.45, 2.75) is 38.5 Å². The molecule has 4 heterocycles. The molecule has 9 heteroatoms. The minimum atomic E-state index is -0.452. The number of aliphatic hydroxyl groups is 1. The van der Waals surface area contributed by atoms with Gasteiger partial charge in [-0.3, -0.25) is 0 Å². The molecule has 6 rings (SSSR count). The first-order valence-corrected chi connectivity index (χ1v) is 12.5. The molecule has 0 aliphatic heterocycles. The maximum Gasteiger partial charge on any atom is 0.343 e. The van der Waals surface area contributed by atoms with E-state index in [1.54, 1.807) is 17.6 Å². The molecule has 0 spiro atoms. The van der Waals surface area contributed by atoms with Crippen LogP contribution < -0.4 is 4.90 Å². The maximum atomic E-state index is 12.8. The van der Waals surface area contributed by atoms with Gasteiger partial charge in [0.2, 0.25) is 0 Å². The van der Waals surface area contributed by atoms with Crippen LogP contribution in [0.25, 0.3) is 27.9 Å². The largest absolute Gasteiger partial charge is 0.462 e. The summed E-state index contributed by atoms with van der Waals surface area (Å²) in [4.78, 5) is 24.4. The number of aliphatic hydroxyl groups excluding tert-OH is 1. The molecule has 1 N–H and O–H groups in total. The number of nitrogens with zero attached hydrogens (tertiary/aromatic N) is 6. The van der Waals surface area contributed by atoms with E-state index in [1.165, 1.54) is 6.20 Å². The molecule has 0 atom stereocenters. The highest BCUT2D eigenvalue weighted by molar-refractivity contribution is 5.98. The van der Waals surface area contributed by atoms with Crippen LogP contribution in [-0.4, -0.2) is 55.0 Å². The number of benzene rings is 1. The van der Waals surface area contributed by atoms with Crippen LogP contribution >= 0.6 is 0 Å². The number of hydrogen-bond donors (Lipinski definition) is 1. The summed E-state index contributed by atoms with van der Waals surface area (Å²) in [7, 11) is 2.00. The maximum absolute atomic E-state index is 12.8. The summed E-state index contributed by atoms with van der Waals surface area (Å²) < 4.78 is 9.12. The van der Waals surface area contributed by atoms with Crippen molar-refractivity contribution in [2.24, 2.45) is 0 Å². The first-order chi connectivity index (χ1) is 18.0. The number of hydrogen-bond acceptors (Lipinski definition) is 7. The van der Waals surface area contributed by atoms with Crippen LogP contribution in [0.3, 0.4) is 0 Å². The van der Waals surface area contributed by atoms with E-state index in [1.807, 2.05) is 43.4 Å². The third kappa shape index (κ3) is 4.11. The third-order valence-corrected chi connectivity index (χ3v) is 6.95. The van der Waals surface area contributed by atoms with Gasteiger partial charge in [-0.05, 0) is 37.5 Å². The molecule has 9 nitrogen and oxygen atoms in total. The van der Waals surface area contributed by atoms with Gasteiger partial charge in [-0.25, -0.2) is 14.8 Å². The van der Waals surface area contributed by atoms with Crippen LogP contribution in [0.15, 0.2) is 67.1 Å². The predicted molar refractivity (Wildman–Crippen MR) is 140 cm³/mol. The molecule has 1 aromatic carbocycles. The van der Waals surface area contributed by atoms with Gasteiger partial charge >= 0.3 is 5.97 Å². The molecule has 1 saturated carbocycles. The lowest BCUT2D eigenvalue weighted by molar-refractivity contribution is 0.0500. The van der Waals surface area contributed by atoms with E-state index in [-0.39, 0.29) is 18.8 Å². The minimum absolute atomic E-state index is 0.190. The van der Waals surface area contributed by atoms with Gasteiger partial charge in [0, 0.05) is 49.0 Å². The number of fused-ring (bicyclic) bond motifs is 2. The van der Waals surface area contributed by atoms with Crippen molar-refractivity contribution in [3.63, 3.8) is 0 Å². The highest BCUT2D eigenvalue weighted by atomic mass is 16.5. The molecule has 1 aliphatic rings. The number of ether oxygens (including phenoxy) is 1. The molecule has 0 radical (unpaired) electrons. The second kappa shape index (κ2) is 9.33. The monoisotopic (exact) mass is 496 g/mol. The number of carbonyl (C=O) groups excluding carboxylic acids is 1. The lowest BCUT2D eigenvalue weighted by Gasteiger charge is -2.32. The normalized spacial score (nSPS) is 17.2. The van der Waals surface area contributed by atoms with Crippen LogP contribution in [-0.2, 0) is 11.3 Å². The standard InChI is InChI=1S/C28H28N6O3/c1-3-37-28(36)22-15-30-34-25(32(2)16-18-8-5-4-6-9-18)14-24(31-27(22)34)23-17-33(19-12-20(35)13-19)26-21(23)10-7-11-29-26/h4-11,14-15,17,19-20,35H,3,12-13,16H2,1-2H3. The molecule has 4 aromatic heterocycles. The Morgan fingerprint density at radius 1 is 1.16 bits per heavy atom. The van der Waals surface area contributed by atoms with Crippen LogP contribution in [0, 0.1) is 0 Å². The molecule has 1 fully saturated rings. The second-order valence-electron chi connectivity index (χ2n) is 9.46. The van der Waals surface area contributed by atoms with Crippen molar-refractivity contribution in [3.8, 4) is 11.3 Å². The quantitative estimate of drug-likeness (QED) is 0.336. The van der Waals surface area contributed by atoms with Crippen molar-refractivity contribution in [2.75, 3.05) is 18.6 Å². The fraction of sp³-hybridized carbons (Fsp3) is 0.286. The first kappa shape index (κ1) is 23.2. The van der Waals surface area contributed by atoms with E-state index in [0.29, 0.717) is 36.3 Å². The molecule has 1 aliphatic carbocycles. The van der Waals surface area contributed by atoms with Crippen molar-refractivity contribution in [3.05, 3.63) is 78.2 Å². The number of esters is 1. The molecular weight excluding hydrogens is 468 g/mol. The minimum Gasteiger partial charge on any atom is -0.462 e. The number of carbonyl (C=O) groups is 1. The van der Waals surface area contributed by atoms with Crippen LogP contribution in [0.1, 0.15) is 41.7 Å². The zero-order valence-electron chi connectivity index (χ0n) is 20.8. The second-order valence-corrected chi connectivity index (χ2v) is 9.46. The van der Waals surface area contributed by atoms with E-state index in [4.69, 9.17) is 9.72 Å². The Morgan fingerprint density at radius 3 is 2.73 bits per heavy atom. The summed E-state index contributed by atoms with van der Waals surface area (Å²) in [6.07, 6.45) is 6.49. The van der Waals surface area contributed by atoms with Crippen LogP contribution in [0.4, 0.5) is 5.82 Å². The number of anilines is 1. The van der Waals surface area contributed by atoms with Gasteiger partial charge in [0.1, 0.15) is 17.0 Å². The molecule has 0 bridgehead atoms. The SMILES string of the molecule is CCOC(=O)c1cnn2c(N(C)Cc3ccccc3)cc(-c3cn(C4CC(O)C4)c4ncccc34)nc12. The summed E-state index contributed by atoms with van der Waals surface area (Å²) in [5.41, 5.74) is 4.40. The van der Waals surface area contributed by atoms with E-state index >= 15 is 0 Å². The van der Waals surface area contributed by atoms with E-state index in [9.17, 15) is 9.90 Å². The topological polar surface area (TPSA) is 97.8 Å². The van der Waals surface area contributed by atoms with Gasteiger partial charge in [0.25, 0.3) is 0 Å². The van der Waals surface area contributed by atoms with Crippen molar-refractivity contribution in [1.29, 1.82) is 0 Å². The molecule has 0 unspecified atom stereocenters. The van der Waals surface area contributed by atoms with Crippen molar-refractivity contribution in [1.82, 2.24) is 24.1 Å². The average molecular weight is 497 g/mol. The van der Waals surface area contributed by atoms with Crippen molar-refractivity contribution < 1.29 is 14.6 Å². The fourth-order valence-electron chi connectivity index (χ4n) is 5.00. The molecular formula is C28H28N6O3. The van der Waals surface area contributed by atoms with Gasteiger partial charge in [-0.2, -0.15) is 9.61 Å². The number of aromatic nitrogens is 5. The molecule has 188 valence electrons. The molecule has 5 aromatic rings. The molecule has 0 amide bonds. The van der Waals surface area contributed by atoms with Gasteiger partial charge in [-0.1, -0.05) is 30.3 Å². The predicted octanol–water partition coefficient (Wildman–Crippen LogP) is 4.25. The van der Waals surface area contributed by atoms with Gasteiger partial charge in [0.05, 0.1) is 24.6 Å². The lowest BCUT2D eigenvalue weighted by Crippen LogP contribution is -2.30. The van der Waals surface area contributed by atoms with E-state index in [2.05, 4.69) is 37.9 Å². The Labute approximate surface area is 213 Å². The summed E-state index contributed by atoms with van der Waals surface area (Å²) in [6, 6.07) is 16.3. The Hall–Kier alpha value is -4.24. The highest BCUT2D eigenvalue weighted by Gasteiger charge is 2.31. The number of pyridine rings is 1. The Bertz CT molecular complexity index is 1590. The Balaban J connectivity index is 1.52. The summed E-state index contributed by atoms with van der Waals surface area (Å²) in [5.74, 6) is 0.342. The smallest absolute Gasteiger partial charge is 0.343 e. The van der Waals surface area contributed by atoms with E-state index in [0.717, 1.165) is 28.0 Å². The third-order valence-electron chi connectivity index (χ3n) is 6.95. The number of rotatable bonds is 7. The zero-order chi connectivity index (χ0) is 25.5. The highest BCUT2D eigenvalue weighted by Crippen LogP contribution is 2.39. The van der Waals surface area contributed by atoms with E-state index < -0.39 is 5.97 Å². The van der Waals surface area contributed by atoms with Crippen molar-refractivity contribution >= 4 is 28.5 Å². The Morgan fingerprint density at radius 2 is 1.97 bits per heavy atom. The van der Waals surface area contributed by atoms with Crippen LogP contribution in [0.5, 0.6) is 0 Å². The van der Waals surface area contributed by atoms with Gasteiger partial charge in [-0.15, -0.1) is 0 Å². The average Bonchev–Trinajstić information content (AvgIpc) is 3.49. The Kier molecular flexibility index (Phi) is 5.84. The summed E-state index contributed by atoms with van der Waals surface area (Å²) >= 11 is 0. The molecule has 37 heavy (non-hydrogen) atoms. The molecule has 0 saturated heterocycles. The first-order valence-electron chi connectivity index (χ1n) is 12.5. The van der Waals surface area contributed by atoms with Gasteiger partial charge in [0.15, 0.2) is 5.65 Å².